The number of fused-ring (bicyclic) bond motifs is 2. The molecule has 3 fully saturated rings. The lowest BCUT2D eigenvalue weighted by atomic mass is 9.46. The molecule has 2 nitrogen and oxygen atoms in total. The number of hydrogen-bond donors (Lipinski definition) is 0. The molecule has 3 aliphatic rings. The third-order valence-electron chi connectivity index (χ3n) is 4.55. The van der Waals surface area contributed by atoms with Gasteiger partial charge in [0.1, 0.15) is 0 Å². The van der Waals surface area contributed by atoms with Gasteiger partial charge < -0.3 is 4.74 Å². The van der Waals surface area contributed by atoms with Crippen LogP contribution >= 0.6 is 0 Å². The second-order valence-corrected chi connectivity index (χ2v) is 5.44. The molecule has 0 aromatic carbocycles. The van der Waals surface area contributed by atoms with E-state index >= 15 is 0 Å². The van der Waals surface area contributed by atoms with Crippen molar-refractivity contribution in [3.63, 3.8) is 0 Å². The Labute approximate surface area is 91.4 Å². The first kappa shape index (κ1) is 10.5. The zero-order valence-corrected chi connectivity index (χ0v) is 9.45. The summed E-state index contributed by atoms with van der Waals surface area (Å²) in [5.74, 6) is 3.62. The summed E-state index contributed by atoms with van der Waals surface area (Å²) < 4.78 is 5.04. The third kappa shape index (κ3) is 1.65. The van der Waals surface area contributed by atoms with Gasteiger partial charge in [-0.2, -0.15) is 0 Å². The molecule has 2 heteroatoms. The summed E-state index contributed by atoms with van der Waals surface area (Å²) in [6, 6.07) is 0. The first-order valence-corrected chi connectivity index (χ1v) is 5.69. The van der Waals surface area contributed by atoms with Crippen LogP contribution in [0.1, 0.15) is 33.1 Å². The molecule has 0 aromatic heterocycles. The number of carbonyl (C=O) groups is 1. The smallest absolute Gasteiger partial charge is 0.384 e. The van der Waals surface area contributed by atoms with Crippen LogP contribution in [-0.4, -0.2) is 12.6 Å². The third-order valence-corrected chi connectivity index (χ3v) is 4.55. The maximum atomic E-state index is 10.9. The number of hydrogen-bond acceptors (Lipinski definition) is 2. The Morgan fingerprint density at radius 2 is 2.27 bits per heavy atom. The molecule has 0 spiro atoms. The fraction of sp³-hybridized carbons (Fsp3) is 0.769. The fourth-order valence-electron chi connectivity index (χ4n) is 3.39. The molecule has 3 atom stereocenters. The van der Waals surface area contributed by atoms with Gasteiger partial charge in [-0.1, -0.05) is 13.8 Å². The van der Waals surface area contributed by atoms with E-state index in [-0.39, 0.29) is 0 Å². The van der Waals surface area contributed by atoms with Crippen molar-refractivity contribution in [3.05, 3.63) is 0 Å². The highest BCUT2D eigenvalue weighted by molar-refractivity contribution is 5.87. The topological polar surface area (TPSA) is 26.3 Å². The average molecular weight is 206 g/mol. The molecule has 0 aromatic rings. The summed E-state index contributed by atoms with van der Waals surface area (Å²) in [5, 5.41) is 0. The van der Waals surface area contributed by atoms with E-state index in [1.165, 1.54) is 19.3 Å². The Kier molecular flexibility index (Phi) is 2.50. The van der Waals surface area contributed by atoms with E-state index in [0.717, 1.165) is 11.8 Å². The summed E-state index contributed by atoms with van der Waals surface area (Å²) in [5.41, 5.74) is 0.450. The normalized spacial score (nSPS) is 36.2. The van der Waals surface area contributed by atoms with Crippen LogP contribution in [0.15, 0.2) is 0 Å². The van der Waals surface area contributed by atoms with Crippen molar-refractivity contribution in [1.82, 2.24) is 0 Å². The van der Waals surface area contributed by atoms with Gasteiger partial charge in [0.25, 0.3) is 0 Å². The number of esters is 1. The number of carbonyl (C=O) groups excluding carboxylic acids is 1. The predicted octanol–water partition coefficient (Wildman–Crippen LogP) is 2.24. The van der Waals surface area contributed by atoms with Crippen LogP contribution in [0.2, 0.25) is 0 Å². The van der Waals surface area contributed by atoms with E-state index in [9.17, 15) is 4.79 Å². The number of terminal acetylenes is 1. The van der Waals surface area contributed by atoms with Crippen molar-refractivity contribution in [2.75, 3.05) is 6.61 Å². The van der Waals surface area contributed by atoms with Crippen molar-refractivity contribution in [1.29, 1.82) is 0 Å². The van der Waals surface area contributed by atoms with Crippen molar-refractivity contribution in [2.24, 2.45) is 23.2 Å². The Balaban J connectivity index is 1.89. The molecule has 3 rings (SSSR count). The quantitative estimate of drug-likeness (QED) is 0.393. The van der Waals surface area contributed by atoms with Gasteiger partial charge >= 0.3 is 5.97 Å². The minimum Gasteiger partial charge on any atom is -0.456 e. The summed E-state index contributed by atoms with van der Waals surface area (Å²) >= 11 is 0. The van der Waals surface area contributed by atoms with Crippen LogP contribution in [0.4, 0.5) is 0 Å². The number of ether oxygens (including phenoxy) is 1. The molecular weight excluding hydrogens is 188 g/mol. The first-order valence-electron chi connectivity index (χ1n) is 5.69. The van der Waals surface area contributed by atoms with Gasteiger partial charge in [-0.3, -0.25) is 0 Å². The van der Waals surface area contributed by atoms with Gasteiger partial charge in [-0.15, -0.1) is 6.42 Å². The van der Waals surface area contributed by atoms with Crippen LogP contribution < -0.4 is 0 Å². The van der Waals surface area contributed by atoms with Crippen LogP contribution in [0.25, 0.3) is 0 Å². The van der Waals surface area contributed by atoms with Crippen molar-refractivity contribution >= 4 is 5.97 Å². The van der Waals surface area contributed by atoms with Gasteiger partial charge in [0.15, 0.2) is 0 Å². The van der Waals surface area contributed by atoms with Gasteiger partial charge in [-0.05, 0) is 42.4 Å². The molecule has 15 heavy (non-hydrogen) atoms. The largest absolute Gasteiger partial charge is 0.456 e. The molecule has 0 radical (unpaired) electrons. The minimum atomic E-state index is -0.519. The van der Waals surface area contributed by atoms with Crippen LogP contribution in [-0.2, 0) is 9.53 Å². The lowest BCUT2D eigenvalue weighted by molar-refractivity contribution is -0.150. The molecule has 2 bridgehead atoms. The Morgan fingerprint density at radius 1 is 1.53 bits per heavy atom. The van der Waals surface area contributed by atoms with E-state index in [1.807, 2.05) is 5.92 Å². The highest BCUT2D eigenvalue weighted by Gasteiger charge is 2.54. The predicted molar refractivity (Wildman–Crippen MR) is 57.9 cm³/mol. The van der Waals surface area contributed by atoms with Gasteiger partial charge in [-0.25, -0.2) is 4.79 Å². The molecule has 3 aliphatic carbocycles. The summed E-state index contributed by atoms with van der Waals surface area (Å²) in [7, 11) is 0. The van der Waals surface area contributed by atoms with E-state index in [4.69, 9.17) is 11.2 Å². The second-order valence-electron chi connectivity index (χ2n) is 5.44. The Hall–Kier alpha value is -0.970. The monoisotopic (exact) mass is 206 g/mol. The van der Waals surface area contributed by atoms with E-state index in [0.29, 0.717) is 17.9 Å². The lowest BCUT2D eigenvalue weighted by Crippen LogP contribution is -2.53. The number of rotatable bonds is 2. The second kappa shape index (κ2) is 3.56. The Morgan fingerprint density at radius 3 is 2.80 bits per heavy atom. The Bertz CT molecular complexity index is 309. The molecule has 3 saturated carbocycles. The summed E-state index contributed by atoms with van der Waals surface area (Å²) in [4.78, 5) is 10.9. The van der Waals surface area contributed by atoms with Crippen molar-refractivity contribution in [2.45, 2.75) is 33.1 Å². The highest BCUT2D eigenvalue weighted by Crippen LogP contribution is 2.61. The fourth-order valence-corrected chi connectivity index (χ4v) is 3.39. The molecule has 0 aliphatic heterocycles. The highest BCUT2D eigenvalue weighted by atomic mass is 16.5. The van der Waals surface area contributed by atoms with Crippen molar-refractivity contribution in [3.8, 4) is 12.3 Å². The van der Waals surface area contributed by atoms with E-state index in [2.05, 4.69) is 13.8 Å². The maximum absolute atomic E-state index is 10.9. The maximum Gasteiger partial charge on any atom is 0.384 e. The van der Waals surface area contributed by atoms with E-state index in [1.54, 1.807) is 0 Å². The van der Waals surface area contributed by atoms with Crippen LogP contribution in [0.5, 0.6) is 0 Å². The zero-order valence-electron chi connectivity index (χ0n) is 9.45. The molecule has 0 N–H and O–H groups in total. The standard InChI is InChI=1S/C13H18O2/c1-4-12(14)15-8-9-5-6-10-7-11(9)13(10,2)3/h1,9-11H,5-8H2,2-3H3/t9?,10-,11+/m0/s1. The average Bonchev–Trinajstić information content (AvgIpc) is 2.25. The lowest BCUT2D eigenvalue weighted by Gasteiger charge is -2.59. The van der Waals surface area contributed by atoms with Crippen molar-refractivity contribution < 1.29 is 9.53 Å². The van der Waals surface area contributed by atoms with Gasteiger partial charge in [0, 0.05) is 5.92 Å². The zero-order chi connectivity index (χ0) is 11.1. The summed E-state index contributed by atoms with van der Waals surface area (Å²) in [6.45, 7) is 5.19. The molecule has 0 saturated heterocycles. The molecule has 1 unspecified atom stereocenters. The first-order chi connectivity index (χ1) is 7.05. The van der Waals surface area contributed by atoms with Crippen LogP contribution in [0, 0.1) is 35.5 Å². The summed E-state index contributed by atoms with van der Waals surface area (Å²) in [6.07, 6.45) is 8.74. The molecule has 0 heterocycles. The van der Waals surface area contributed by atoms with Gasteiger partial charge in [0.05, 0.1) is 6.61 Å². The van der Waals surface area contributed by atoms with Gasteiger partial charge in [0.2, 0.25) is 0 Å². The molecule has 0 amide bonds. The SMILES string of the molecule is C#CC(=O)OCC1CC[C@H]2C[C@H]1C2(C)C. The molecular formula is C13H18O2. The van der Waals surface area contributed by atoms with E-state index < -0.39 is 5.97 Å². The molecule has 82 valence electrons. The minimum absolute atomic E-state index is 0.450. The van der Waals surface area contributed by atoms with Crippen LogP contribution in [0.3, 0.4) is 0 Å².